The van der Waals surface area contributed by atoms with E-state index in [2.05, 4.69) is 9.69 Å². The van der Waals surface area contributed by atoms with Crippen LogP contribution in [0.3, 0.4) is 0 Å². The second-order valence-corrected chi connectivity index (χ2v) is 7.95. The number of thioether (sulfide) groups is 1. The summed E-state index contributed by atoms with van der Waals surface area (Å²) in [7, 11) is 0. The first-order chi connectivity index (χ1) is 15.9. The van der Waals surface area contributed by atoms with Crippen LogP contribution in [0.4, 0.5) is 24.5 Å². The zero-order valence-electron chi connectivity index (χ0n) is 16.8. The molecule has 0 unspecified atom stereocenters. The third kappa shape index (κ3) is 3.62. The van der Waals surface area contributed by atoms with Gasteiger partial charge in [-0.05, 0) is 29.8 Å². The van der Waals surface area contributed by atoms with Crippen LogP contribution in [0.1, 0.15) is 18.1 Å². The number of halogens is 3. The van der Waals surface area contributed by atoms with Crippen molar-refractivity contribution in [1.29, 1.82) is 10.5 Å². The minimum atomic E-state index is -4.99. The Balaban J connectivity index is 2.71. The molecule has 10 nitrogen and oxygen atoms in total. The van der Waals surface area contributed by atoms with Gasteiger partial charge in [0, 0.05) is 23.3 Å². The lowest BCUT2D eigenvalue weighted by Crippen LogP contribution is -2.26. The highest BCUT2D eigenvalue weighted by atomic mass is 32.2. The zero-order chi connectivity index (χ0) is 25.5. The Bertz CT molecular complexity index is 1540. The van der Waals surface area contributed by atoms with Crippen molar-refractivity contribution in [2.75, 3.05) is 0 Å². The fourth-order valence-electron chi connectivity index (χ4n) is 4.09. The number of rotatable bonds is 3. The summed E-state index contributed by atoms with van der Waals surface area (Å²) in [6.07, 6.45) is -1.13. The monoisotopic (exact) mass is 484 g/mol. The number of nitro groups is 2. The Hall–Kier alpha value is -4.66. The minimum Gasteiger partial charge on any atom is -0.258 e. The largest absolute Gasteiger partial charge is 0.523 e. The van der Waals surface area contributed by atoms with Gasteiger partial charge in [0.05, 0.1) is 31.4 Å². The standard InChI is InChI=1S/C20H7F3N6O4S/c1-8-10(19(26-2)27-3)4-12-14(8)16(28(30)31)13-5-11(9(6-24)7-25)18(34-20(21,22)23)15(13)17(12)29(32)33/h4-5H2,1H3. The number of nitro benzene ring substituents is 2. The summed E-state index contributed by atoms with van der Waals surface area (Å²) in [4.78, 5) is 27.5. The molecular formula is C20H7F3N6O4S. The van der Waals surface area contributed by atoms with Crippen LogP contribution in [0.2, 0.25) is 0 Å². The molecule has 0 aliphatic heterocycles. The van der Waals surface area contributed by atoms with Crippen molar-refractivity contribution < 1.29 is 23.0 Å². The van der Waals surface area contributed by atoms with Crippen molar-refractivity contribution in [3.8, 4) is 12.1 Å². The van der Waals surface area contributed by atoms with Crippen LogP contribution in [-0.2, 0) is 12.8 Å². The molecule has 0 aromatic heterocycles. The summed E-state index contributed by atoms with van der Waals surface area (Å²) < 4.78 is 40.2. The Morgan fingerprint density at radius 1 is 1.00 bits per heavy atom. The zero-order valence-corrected chi connectivity index (χ0v) is 17.6. The number of benzene rings is 1. The molecular weight excluding hydrogens is 477 g/mol. The molecule has 0 N–H and O–H groups in total. The van der Waals surface area contributed by atoms with Crippen LogP contribution in [-0.4, -0.2) is 15.4 Å². The summed E-state index contributed by atoms with van der Waals surface area (Å²) in [6.45, 7) is 15.6. The second kappa shape index (κ2) is 8.36. The van der Waals surface area contributed by atoms with Gasteiger partial charge in [-0.25, -0.2) is 0 Å². The molecule has 0 heterocycles. The third-order valence-electron chi connectivity index (χ3n) is 5.27. The fraction of sp³-hybridized carbons (Fsp3) is 0.200. The van der Waals surface area contributed by atoms with Crippen LogP contribution in [0.25, 0.3) is 20.2 Å². The van der Waals surface area contributed by atoms with Crippen molar-refractivity contribution in [3.05, 3.63) is 87.2 Å². The first-order valence-corrected chi connectivity index (χ1v) is 9.73. The average molecular weight is 484 g/mol. The first-order valence-electron chi connectivity index (χ1n) is 8.91. The number of alkyl halides is 3. The van der Waals surface area contributed by atoms with Crippen molar-refractivity contribution in [3.63, 3.8) is 0 Å². The van der Waals surface area contributed by atoms with E-state index in [1.54, 1.807) is 0 Å². The van der Waals surface area contributed by atoms with E-state index < -0.39 is 84.0 Å². The van der Waals surface area contributed by atoms with Gasteiger partial charge < -0.3 is 0 Å². The lowest BCUT2D eigenvalue weighted by molar-refractivity contribution is -0.391. The normalized spacial score (nSPS) is 13.9. The molecule has 2 aliphatic carbocycles. The second-order valence-electron chi connectivity index (χ2n) is 6.88. The maximum atomic E-state index is 13.4. The summed E-state index contributed by atoms with van der Waals surface area (Å²) in [5.74, 6) is -0.469. The Kier molecular flexibility index (Phi) is 5.90. The fourth-order valence-corrected chi connectivity index (χ4v) is 4.94. The SMILES string of the molecule is [C-]#[N+]C([N+]#[C-])=C1Cc2c([N+](=O)[O-])c3c(c([N+](=O)[O-])c2=C1C)CC(=C(C#N)C#N)C=3SC(F)(F)F. The van der Waals surface area contributed by atoms with Gasteiger partial charge >= 0.3 is 11.3 Å². The molecule has 0 amide bonds. The summed E-state index contributed by atoms with van der Waals surface area (Å²) in [5.41, 5.74) is -8.49. The predicted octanol–water partition coefficient (Wildman–Crippen LogP) is 3.54. The topological polar surface area (TPSA) is 143 Å². The molecule has 0 fully saturated rings. The number of fused-ring (bicyclic) bond motifs is 2. The quantitative estimate of drug-likeness (QED) is 0.276. The molecule has 0 radical (unpaired) electrons. The van der Waals surface area contributed by atoms with Gasteiger partial charge in [-0.3, -0.25) is 20.2 Å². The minimum absolute atomic E-state index is 0.00500. The van der Waals surface area contributed by atoms with Gasteiger partial charge in [0.1, 0.15) is 30.9 Å². The van der Waals surface area contributed by atoms with Gasteiger partial charge in [-0.1, -0.05) is 0 Å². The van der Waals surface area contributed by atoms with E-state index in [4.69, 9.17) is 13.1 Å². The highest BCUT2D eigenvalue weighted by molar-refractivity contribution is 8.09. The van der Waals surface area contributed by atoms with E-state index in [9.17, 15) is 43.9 Å². The summed E-state index contributed by atoms with van der Waals surface area (Å²) in [5, 5.41) is 41.7. The molecule has 0 spiro atoms. The number of allylic oxidation sites excluding steroid dienone is 2. The molecule has 0 saturated carbocycles. The smallest absolute Gasteiger partial charge is 0.258 e. The third-order valence-corrected chi connectivity index (χ3v) is 6.16. The van der Waals surface area contributed by atoms with Crippen LogP contribution in [0.5, 0.6) is 0 Å². The van der Waals surface area contributed by atoms with Crippen molar-refractivity contribution in [1.82, 2.24) is 0 Å². The van der Waals surface area contributed by atoms with Crippen LogP contribution in [0.15, 0.2) is 22.5 Å². The van der Waals surface area contributed by atoms with E-state index in [1.807, 2.05) is 0 Å². The number of nitriles is 2. The maximum absolute atomic E-state index is 13.4. The average Bonchev–Trinajstić information content (AvgIpc) is 3.25. The molecule has 14 heteroatoms. The molecule has 0 saturated heterocycles. The summed E-state index contributed by atoms with van der Waals surface area (Å²) >= 11 is -0.798. The molecule has 1 aromatic rings. The van der Waals surface area contributed by atoms with Crippen LogP contribution >= 0.6 is 11.8 Å². The lowest BCUT2D eigenvalue weighted by atomic mass is 10.0. The molecule has 1 aromatic carbocycles. The van der Waals surface area contributed by atoms with Gasteiger partial charge in [0.15, 0.2) is 0 Å². The Morgan fingerprint density at radius 2 is 1.47 bits per heavy atom. The van der Waals surface area contributed by atoms with Gasteiger partial charge in [0.25, 0.3) is 11.4 Å². The van der Waals surface area contributed by atoms with Crippen LogP contribution in [0, 0.1) is 56.0 Å². The van der Waals surface area contributed by atoms with E-state index in [1.165, 1.54) is 19.1 Å². The molecule has 3 rings (SSSR count). The maximum Gasteiger partial charge on any atom is 0.523 e. The Labute approximate surface area is 192 Å². The highest BCUT2D eigenvalue weighted by Crippen LogP contribution is 2.46. The molecule has 0 bridgehead atoms. The highest BCUT2D eigenvalue weighted by Gasteiger charge is 2.44. The van der Waals surface area contributed by atoms with E-state index >= 15 is 0 Å². The van der Waals surface area contributed by atoms with Gasteiger partial charge in [-0.2, -0.15) is 33.4 Å². The molecule has 0 atom stereocenters. The summed E-state index contributed by atoms with van der Waals surface area (Å²) in [6, 6.07) is 2.89. The van der Waals surface area contributed by atoms with E-state index in [0.29, 0.717) is 0 Å². The van der Waals surface area contributed by atoms with Gasteiger partial charge in [0.2, 0.25) is 0 Å². The Morgan fingerprint density at radius 3 is 1.91 bits per heavy atom. The molecule has 2 aliphatic rings. The van der Waals surface area contributed by atoms with Gasteiger partial charge in [-0.15, -0.1) is 0 Å². The van der Waals surface area contributed by atoms with Crippen molar-refractivity contribution in [2.45, 2.75) is 25.3 Å². The predicted molar refractivity (Wildman–Crippen MR) is 111 cm³/mol. The number of nitrogens with zero attached hydrogens (tertiary/aromatic N) is 6. The first kappa shape index (κ1) is 24.0. The molecule has 168 valence electrons. The van der Waals surface area contributed by atoms with E-state index in [-0.39, 0.29) is 21.9 Å². The van der Waals surface area contributed by atoms with Crippen molar-refractivity contribution in [2.24, 2.45) is 0 Å². The lowest BCUT2D eigenvalue weighted by Gasteiger charge is -2.09. The van der Waals surface area contributed by atoms with Crippen molar-refractivity contribution >= 4 is 33.6 Å². The number of hydrogen-bond donors (Lipinski definition) is 0. The van der Waals surface area contributed by atoms with Crippen LogP contribution < -0.4 is 10.4 Å². The number of hydrogen-bond acceptors (Lipinski definition) is 7. The van der Waals surface area contributed by atoms with E-state index in [0.717, 1.165) is 0 Å². The molecule has 34 heavy (non-hydrogen) atoms.